The van der Waals surface area contributed by atoms with E-state index in [2.05, 4.69) is 28.4 Å². The molecule has 6 heteroatoms. The third-order valence-corrected chi connectivity index (χ3v) is 5.10. The van der Waals surface area contributed by atoms with Crippen molar-refractivity contribution in [3.8, 4) is 6.07 Å². The highest BCUT2D eigenvalue weighted by Crippen LogP contribution is 2.32. The van der Waals surface area contributed by atoms with Crippen molar-refractivity contribution < 1.29 is 0 Å². The van der Waals surface area contributed by atoms with Gasteiger partial charge in [-0.05, 0) is 48.9 Å². The van der Waals surface area contributed by atoms with Crippen LogP contribution in [0.2, 0.25) is 10.0 Å². The lowest BCUT2D eigenvalue weighted by atomic mass is 9.97. The first-order valence-corrected chi connectivity index (χ1v) is 9.07. The summed E-state index contributed by atoms with van der Waals surface area (Å²) in [5.74, 6) is -0.587. The summed E-state index contributed by atoms with van der Waals surface area (Å²) in [6.45, 7) is 2.05. The van der Waals surface area contributed by atoms with E-state index in [0.717, 1.165) is 9.92 Å². The Morgan fingerprint density at radius 1 is 1.00 bits per heavy atom. The van der Waals surface area contributed by atoms with Crippen molar-refractivity contribution in [2.75, 3.05) is 0 Å². The van der Waals surface area contributed by atoms with Crippen LogP contribution in [0, 0.1) is 18.3 Å². The second-order valence-electron chi connectivity index (χ2n) is 5.44. The Bertz CT molecular complexity index is 919. The summed E-state index contributed by atoms with van der Waals surface area (Å²) in [7, 11) is 0. The molecule has 25 heavy (non-hydrogen) atoms. The van der Waals surface area contributed by atoms with Crippen molar-refractivity contribution in [1.29, 1.82) is 5.26 Å². The van der Waals surface area contributed by atoms with Gasteiger partial charge in [0.25, 0.3) is 0 Å². The number of nitrogens with zero attached hydrogens (tertiary/aromatic N) is 3. The van der Waals surface area contributed by atoms with Gasteiger partial charge in [-0.15, -0.1) is 5.10 Å². The molecule has 2 aromatic carbocycles. The van der Waals surface area contributed by atoms with Gasteiger partial charge in [-0.3, -0.25) is 0 Å². The van der Waals surface area contributed by atoms with Crippen LogP contribution in [-0.4, -0.2) is 10.2 Å². The van der Waals surface area contributed by atoms with Gasteiger partial charge in [0.1, 0.15) is 10.9 Å². The van der Waals surface area contributed by atoms with Gasteiger partial charge >= 0.3 is 0 Å². The highest BCUT2D eigenvalue weighted by molar-refractivity contribution is 7.99. The summed E-state index contributed by atoms with van der Waals surface area (Å²) in [4.78, 5) is 1.09. The molecule has 1 unspecified atom stereocenters. The van der Waals surface area contributed by atoms with E-state index in [9.17, 15) is 5.26 Å². The van der Waals surface area contributed by atoms with E-state index in [1.807, 2.05) is 31.2 Å². The fourth-order valence-electron chi connectivity index (χ4n) is 2.30. The van der Waals surface area contributed by atoms with Crippen LogP contribution < -0.4 is 0 Å². The molecule has 0 aliphatic rings. The minimum absolute atomic E-state index is 0.443. The third-order valence-electron chi connectivity index (χ3n) is 3.60. The van der Waals surface area contributed by atoms with Crippen molar-refractivity contribution in [2.24, 2.45) is 0 Å². The molecule has 0 spiro atoms. The quantitative estimate of drug-likeness (QED) is 0.560. The van der Waals surface area contributed by atoms with Gasteiger partial charge in [-0.2, -0.15) is 10.4 Å². The molecule has 0 aliphatic heterocycles. The largest absolute Gasteiger partial charge is 0.197 e. The van der Waals surface area contributed by atoms with E-state index in [4.69, 9.17) is 23.2 Å². The first kappa shape index (κ1) is 17.8. The Hall–Kier alpha value is -2.06. The van der Waals surface area contributed by atoms with Crippen LogP contribution in [-0.2, 0) is 0 Å². The lowest BCUT2D eigenvalue weighted by Gasteiger charge is -2.11. The number of aryl methyl sites for hydroxylation is 1. The zero-order valence-electron chi connectivity index (χ0n) is 13.3. The summed E-state index contributed by atoms with van der Waals surface area (Å²) in [6.07, 6.45) is 0. The third kappa shape index (κ3) is 4.32. The van der Waals surface area contributed by atoms with Crippen LogP contribution in [0.5, 0.6) is 0 Å². The first-order chi connectivity index (χ1) is 12.1. The van der Waals surface area contributed by atoms with Gasteiger partial charge in [-0.1, -0.05) is 58.7 Å². The van der Waals surface area contributed by atoms with Gasteiger partial charge in [0.2, 0.25) is 0 Å². The molecule has 3 nitrogen and oxygen atoms in total. The van der Waals surface area contributed by atoms with E-state index < -0.39 is 5.92 Å². The van der Waals surface area contributed by atoms with Crippen molar-refractivity contribution in [3.63, 3.8) is 0 Å². The number of aromatic nitrogens is 2. The Labute approximate surface area is 160 Å². The van der Waals surface area contributed by atoms with Gasteiger partial charge in [0.15, 0.2) is 0 Å². The van der Waals surface area contributed by atoms with Gasteiger partial charge in [-0.25, -0.2) is 0 Å². The first-order valence-electron chi connectivity index (χ1n) is 7.49. The van der Waals surface area contributed by atoms with Crippen LogP contribution in [0.1, 0.15) is 22.7 Å². The lowest BCUT2D eigenvalue weighted by molar-refractivity contribution is 0.837. The molecule has 3 aromatic rings. The van der Waals surface area contributed by atoms with E-state index in [-0.39, 0.29) is 0 Å². The summed E-state index contributed by atoms with van der Waals surface area (Å²) in [5.41, 5.74) is 2.43. The summed E-state index contributed by atoms with van der Waals surface area (Å²) in [5, 5.41) is 19.7. The van der Waals surface area contributed by atoms with Crippen LogP contribution in [0.4, 0.5) is 0 Å². The number of hydrogen-bond donors (Lipinski definition) is 0. The van der Waals surface area contributed by atoms with E-state index in [1.54, 1.807) is 18.2 Å². The zero-order valence-corrected chi connectivity index (χ0v) is 15.6. The van der Waals surface area contributed by atoms with Gasteiger partial charge in [0.05, 0.1) is 11.8 Å². The minimum Gasteiger partial charge on any atom is -0.197 e. The van der Waals surface area contributed by atoms with Crippen molar-refractivity contribution >= 4 is 35.0 Å². The van der Waals surface area contributed by atoms with Crippen LogP contribution in [0.3, 0.4) is 0 Å². The summed E-state index contributed by atoms with van der Waals surface area (Å²) >= 11 is 13.7. The molecule has 1 aromatic heterocycles. The maximum absolute atomic E-state index is 9.54. The molecule has 1 atom stereocenters. The smallest absolute Gasteiger partial charge is 0.124 e. The fraction of sp³-hybridized carbons (Fsp3) is 0.105. The molecule has 0 aliphatic carbocycles. The minimum atomic E-state index is -0.587. The molecular weight excluding hydrogens is 373 g/mol. The maximum Gasteiger partial charge on any atom is 0.124 e. The maximum atomic E-state index is 9.54. The van der Waals surface area contributed by atoms with Crippen molar-refractivity contribution in [2.45, 2.75) is 22.8 Å². The van der Waals surface area contributed by atoms with Crippen LogP contribution >= 0.6 is 35.0 Å². The van der Waals surface area contributed by atoms with Crippen molar-refractivity contribution in [3.05, 3.63) is 81.5 Å². The Balaban J connectivity index is 1.83. The summed E-state index contributed by atoms with van der Waals surface area (Å²) in [6, 6.07) is 19.2. The van der Waals surface area contributed by atoms with E-state index in [1.165, 1.54) is 17.3 Å². The predicted molar refractivity (Wildman–Crippen MR) is 101 cm³/mol. The molecule has 3 rings (SSSR count). The normalized spacial score (nSPS) is 11.8. The second-order valence-corrected chi connectivity index (χ2v) is 7.38. The zero-order chi connectivity index (χ0) is 17.8. The van der Waals surface area contributed by atoms with E-state index in [0.29, 0.717) is 21.3 Å². The molecule has 0 radical (unpaired) electrons. The Morgan fingerprint density at radius 2 is 1.76 bits per heavy atom. The molecule has 1 heterocycles. The molecule has 0 bridgehead atoms. The number of nitriles is 1. The van der Waals surface area contributed by atoms with Gasteiger partial charge in [0, 0.05) is 14.9 Å². The van der Waals surface area contributed by atoms with E-state index >= 15 is 0 Å². The Morgan fingerprint density at radius 3 is 2.36 bits per heavy atom. The predicted octanol–water partition coefficient (Wildman–Crippen LogP) is 5.90. The molecule has 0 N–H and O–H groups in total. The fourth-order valence-corrected chi connectivity index (χ4v) is 3.55. The monoisotopic (exact) mass is 385 g/mol. The van der Waals surface area contributed by atoms with Crippen LogP contribution in [0.25, 0.3) is 0 Å². The number of rotatable bonds is 4. The molecule has 0 amide bonds. The highest BCUT2D eigenvalue weighted by Gasteiger charge is 2.19. The molecule has 0 saturated heterocycles. The van der Waals surface area contributed by atoms with Crippen molar-refractivity contribution in [1.82, 2.24) is 10.2 Å². The molecular formula is C19H13Cl2N3S. The molecule has 0 fully saturated rings. The Kier molecular flexibility index (Phi) is 5.60. The van der Waals surface area contributed by atoms with Crippen LogP contribution in [0.15, 0.2) is 64.5 Å². The average molecular weight is 386 g/mol. The highest BCUT2D eigenvalue weighted by atomic mass is 35.5. The molecule has 0 saturated carbocycles. The SMILES string of the molecule is Cc1ccc(Sc2ccc(C(C#N)c3ccc(Cl)cc3Cl)nn2)cc1. The lowest BCUT2D eigenvalue weighted by Crippen LogP contribution is -2.03. The number of hydrogen-bond acceptors (Lipinski definition) is 4. The molecule has 124 valence electrons. The topological polar surface area (TPSA) is 49.6 Å². The van der Waals surface area contributed by atoms with Gasteiger partial charge < -0.3 is 0 Å². The average Bonchev–Trinajstić information content (AvgIpc) is 2.61. The second kappa shape index (κ2) is 7.88. The number of benzene rings is 2. The summed E-state index contributed by atoms with van der Waals surface area (Å²) < 4.78 is 0. The number of halogens is 2. The standard InChI is InChI=1S/C19H13Cl2N3S/c1-12-2-5-14(6-3-12)25-19-9-8-18(23-24-19)16(11-22)15-7-4-13(20)10-17(15)21/h2-10,16H,1H3.